The minimum absolute atomic E-state index is 0.0135. The molecule has 1 rings (SSSR count). The van der Waals surface area contributed by atoms with E-state index < -0.39 is 5.91 Å². The van der Waals surface area contributed by atoms with Crippen molar-refractivity contribution in [2.75, 3.05) is 5.32 Å². The van der Waals surface area contributed by atoms with Gasteiger partial charge in [-0.15, -0.1) is 12.6 Å². The zero-order valence-electron chi connectivity index (χ0n) is 7.95. The number of halogens is 1. The maximum Gasteiger partial charge on any atom is 0.267 e. The summed E-state index contributed by atoms with van der Waals surface area (Å²) in [6, 6.07) is 6.76. The van der Waals surface area contributed by atoms with Crippen molar-refractivity contribution in [2.24, 2.45) is 0 Å². The predicted molar refractivity (Wildman–Crippen MR) is 72.9 cm³/mol. The fourth-order valence-corrected chi connectivity index (χ4v) is 1.44. The van der Waals surface area contributed by atoms with Crippen LogP contribution in [0, 0.1) is 5.41 Å². The summed E-state index contributed by atoms with van der Waals surface area (Å²) >= 11 is 14.4. The zero-order valence-corrected chi connectivity index (χ0v) is 10.4. The highest BCUT2D eigenvalue weighted by atomic mass is 35.5. The molecule has 0 atom stereocenters. The van der Waals surface area contributed by atoms with Gasteiger partial charge in [-0.05, 0) is 18.0 Å². The Kier molecular flexibility index (Phi) is 4.71. The van der Waals surface area contributed by atoms with Crippen molar-refractivity contribution >= 4 is 58.1 Å². The molecular weight excluding hydrogens is 264 g/mol. The summed E-state index contributed by atoms with van der Waals surface area (Å²) in [4.78, 5) is 11.6. The molecule has 0 spiro atoms. The van der Waals surface area contributed by atoms with E-state index in [1.54, 1.807) is 24.3 Å². The third-order valence-electron chi connectivity index (χ3n) is 1.69. The number of anilines is 1. The van der Waals surface area contributed by atoms with E-state index in [9.17, 15) is 4.79 Å². The Morgan fingerprint density at radius 2 is 2.12 bits per heavy atom. The van der Waals surface area contributed by atoms with Crippen LogP contribution in [0.15, 0.2) is 29.8 Å². The van der Waals surface area contributed by atoms with E-state index in [-0.39, 0.29) is 9.77 Å². The molecule has 0 heterocycles. The molecule has 0 aromatic heterocycles. The van der Waals surface area contributed by atoms with Crippen LogP contribution in [-0.4, -0.2) is 16.0 Å². The van der Waals surface area contributed by atoms with Gasteiger partial charge in [0.25, 0.3) is 5.91 Å². The molecular formula is C10H7ClN2OS2. The van der Waals surface area contributed by atoms with Gasteiger partial charge in [-0.3, -0.25) is 10.2 Å². The molecule has 0 unspecified atom stereocenters. The Morgan fingerprint density at radius 3 is 2.62 bits per heavy atom. The van der Waals surface area contributed by atoms with Crippen LogP contribution in [0.4, 0.5) is 5.69 Å². The lowest BCUT2D eigenvalue weighted by molar-refractivity contribution is -0.112. The van der Waals surface area contributed by atoms with Gasteiger partial charge in [0.15, 0.2) is 0 Å². The van der Waals surface area contributed by atoms with E-state index in [0.29, 0.717) is 10.7 Å². The summed E-state index contributed by atoms with van der Waals surface area (Å²) in [6.07, 6.45) is 0. The van der Waals surface area contributed by atoms with Crippen LogP contribution >= 0.6 is 36.4 Å². The molecule has 0 saturated carbocycles. The fraction of sp³-hybridized carbons (Fsp3) is 0. The maximum atomic E-state index is 11.6. The van der Waals surface area contributed by atoms with Crippen molar-refractivity contribution in [3.63, 3.8) is 0 Å². The van der Waals surface area contributed by atoms with Gasteiger partial charge in [-0.2, -0.15) is 0 Å². The molecule has 0 aliphatic rings. The Labute approximate surface area is 108 Å². The Morgan fingerprint density at radius 1 is 1.50 bits per heavy atom. The van der Waals surface area contributed by atoms with Gasteiger partial charge < -0.3 is 5.32 Å². The highest BCUT2D eigenvalue weighted by Crippen LogP contribution is 2.21. The topological polar surface area (TPSA) is 53.0 Å². The summed E-state index contributed by atoms with van der Waals surface area (Å²) in [6.45, 7) is 0. The highest BCUT2D eigenvalue weighted by Gasteiger charge is 2.13. The van der Waals surface area contributed by atoms with Gasteiger partial charge in [0.1, 0.15) is 5.57 Å². The first kappa shape index (κ1) is 12.9. The monoisotopic (exact) mass is 270 g/mol. The number of thiol groups is 1. The second-order valence-electron chi connectivity index (χ2n) is 2.74. The molecule has 0 radical (unpaired) electrons. The number of hydrogen-bond donors (Lipinski definition) is 3. The van der Waals surface area contributed by atoms with Crippen LogP contribution in [0.1, 0.15) is 0 Å². The Hall–Kier alpha value is -1.13. The van der Waals surface area contributed by atoms with Crippen LogP contribution in [0.25, 0.3) is 0 Å². The van der Waals surface area contributed by atoms with Crippen LogP contribution in [0.2, 0.25) is 5.02 Å². The minimum Gasteiger partial charge on any atom is -0.320 e. The average molecular weight is 271 g/mol. The first-order chi connectivity index (χ1) is 7.56. The Bertz CT molecular complexity index is 495. The van der Waals surface area contributed by atoms with Gasteiger partial charge in [0.05, 0.1) is 14.9 Å². The lowest BCUT2D eigenvalue weighted by atomic mass is 10.2. The third kappa shape index (κ3) is 3.18. The fourth-order valence-electron chi connectivity index (χ4n) is 0.955. The first-order valence-corrected chi connectivity index (χ1v) is 5.38. The standard InChI is InChI=1S/C10H7ClN2OS2/c11-7-3-1-2-4-8(7)13-9(14)6(5-12)10(15)16/h1-4,12H,(H,13,14)(H,15,16). The van der Waals surface area contributed by atoms with E-state index in [4.69, 9.17) is 29.2 Å². The Balaban J connectivity index is 2.92. The van der Waals surface area contributed by atoms with E-state index in [1.165, 1.54) is 0 Å². The highest BCUT2D eigenvalue weighted by molar-refractivity contribution is 8.12. The largest absolute Gasteiger partial charge is 0.320 e. The summed E-state index contributed by atoms with van der Waals surface area (Å²) in [5.74, 6) is 1.38. The number of benzene rings is 1. The number of thiocarbonyl (C=S) groups is 1. The van der Waals surface area contributed by atoms with Crippen LogP contribution in [0.3, 0.4) is 0 Å². The van der Waals surface area contributed by atoms with Crippen molar-refractivity contribution in [1.82, 2.24) is 0 Å². The predicted octanol–water partition coefficient (Wildman–Crippen LogP) is 2.71. The van der Waals surface area contributed by atoms with Crippen LogP contribution < -0.4 is 5.32 Å². The van der Waals surface area contributed by atoms with Gasteiger partial charge in [-0.1, -0.05) is 36.0 Å². The van der Waals surface area contributed by atoms with Gasteiger partial charge in [0.2, 0.25) is 0 Å². The normalized spacial score (nSPS) is 9.12. The smallest absolute Gasteiger partial charge is 0.267 e. The first-order valence-electron chi connectivity index (χ1n) is 4.15. The van der Waals surface area contributed by atoms with Crippen molar-refractivity contribution < 1.29 is 4.79 Å². The number of para-hydroxylation sites is 1. The van der Waals surface area contributed by atoms with E-state index >= 15 is 0 Å². The van der Waals surface area contributed by atoms with Gasteiger partial charge in [-0.25, -0.2) is 0 Å². The quantitative estimate of drug-likeness (QED) is 0.342. The molecule has 82 valence electrons. The van der Waals surface area contributed by atoms with E-state index in [2.05, 4.69) is 17.9 Å². The molecule has 1 aromatic carbocycles. The summed E-state index contributed by atoms with van der Waals surface area (Å²) in [7, 11) is 0. The lowest BCUT2D eigenvalue weighted by Crippen LogP contribution is -2.18. The van der Waals surface area contributed by atoms with Crippen molar-refractivity contribution in [3.8, 4) is 0 Å². The lowest BCUT2D eigenvalue weighted by Gasteiger charge is -2.06. The number of amides is 1. The molecule has 3 nitrogen and oxygen atoms in total. The number of rotatable bonds is 3. The minimum atomic E-state index is -0.553. The van der Waals surface area contributed by atoms with Gasteiger partial charge >= 0.3 is 0 Å². The maximum absolute atomic E-state index is 11.6. The van der Waals surface area contributed by atoms with Gasteiger partial charge in [0, 0.05) is 0 Å². The van der Waals surface area contributed by atoms with E-state index in [0.717, 1.165) is 0 Å². The molecule has 0 aliphatic heterocycles. The summed E-state index contributed by atoms with van der Waals surface area (Å²) < 4.78 is 0.0135. The van der Waals surface area contributed by atoms with E-state index in [1.807, 2.05) is 5.87 Å². The van der Waals surface area contributed by atoms with Crippen LogP contribution in [-0.2, 0) is 4.79 Å². The van der Waals surface area contributed by atoms with Crippen molar-refractivity contribution in [2.45, 2.75) is 0 Å². The molecule has 1 amide bonds. The molecule has 16 heavy (non-hydrogen) atoms. The molecule has 0 aliphatic carbocycles. The molecule has 0 bridgehead atoms. The molecule has 0 saturated heterocycles. The zero-order chi connectivity index (χ0) is 12.1. The third-order valence-corrected chi connectivity index (χ3v) is 2.45. The molecule has 1 aromatic rings. The van der Waals surface area contributed by atoms with Crippen molar-refractivity contribution in [3.05, 3.63) is 34.9 Å². The molecule has 6 heteroatoms. The summed E-state index contributed by atoms with van der Waals surface area (Å²) in [5, 5.41) is 9.85. The average Bonchev–Trinajstić information content (AvgIpc) is 2.22. The molecule has 0 fully saturated rings. The number of nitrogens with one attached hydrogen (secondary N) is 2. The van der Waals surface area contributed by atoms with Crippen LogP contribution in [0.5, 0.6) is 0 Å². The molecule has 2 N–H and O–H groups in total. The summed E-state index contributed by atoms with van der Waals surface area (Å²) in [5.41, 5.74) is 0.352. The van der Waals surface area contributed by atoms with Crippen molar-refractivity contribution in [1.29, 1.82) is 5.41 Å². The number of carbonyl (C=O) groups excluding carboxylic acids is 1. The SMILES string of the molecule is N=C=C(C(=O)Nc1ccccc1Cl)C(=S)S. The second kappa shape index (κ2) is 5.82. The number of hydrogen-bond acceptors (Lipinski definition) is 3. The second-order valence-corrected chi connectivity index (χ2v) is 4.30. The number of carbonyl (C=O) groups is 1.